The van der Waals surface area contributed by atoms with Gasteiger partial charge in [0.25, 0.3) is 0 Å². The molecule has 3 amide bonds. The van der Waals surface area contributed by atoms with Gasteiger partial charge in [-0.25, -0.2) is 19.7 Å². The number of nitrogens with one attached hydrogen (secondary N) is 2. The van der Waals surface area contributed by atoms with E-state index in [4.69, 9.17) is 15.2 Å². The molecule has 0 saturated carbocycles. The topological polar surface area (TPSA) is 169 Å². The highest BCUT2D eigenvalue weighted by molar-refractivity contribution is 5.92. The molecule has 0 bridgehead atoms. The lowest BCUT2D eigenvalue weighted by Gasteiger charge is -2.34. The van der Waals surface area contributed by atoms with Crippen molar-refractivity contribution >= 4 is 34.9 Å². The van der Waals surface area contributed by atoms with E-state index in [2.05, 4.69) is 30.2 Å². The second-order valence-corrected chi connectivity index (χ2v) is 11.8. The summed E-state index contributed by atoms with van der Waals surface area (Å²) in [5.41, 5.74) is 8.20. The summed E-state index contributed by atoms with van der Waals surface area (Å²) < 4.78 is 11.8. The fourth-order valence-electron chi connectivity index (χ4n) is 5.51. The Morgan fingerprint density at radius 3 is 2.76 bits per heavy atom. The molecule has 13 heteroatoms. The van der Waals surface area contributed by atoms with Crippen molar-refractivity contribution in [2.75, 3.05) is 24.6 Å². The zero-order chi connectivity index (χ0) is 30.0. The summed E-state index contributed by atoms with van der Waals surface area (Å²) in [6.45, 7) is 8.68. The molecule has 1 saturated heterocycles. The van der Waals surface area contributed by atoms with Crippen LogP contribution < -0.4 is 20.7 Å². The highest BCUT2D eigenvalue weighted by atomic mass is 16.6. The molecular formula is C29H38N8O5. The number of rotatable bonds is 8. The van der Waals surface area contributed by atoms with Gasteiger partial charge in [0, 0.05) is 25.2 Å². The number of nitrogens with two attached hydrogens (primary N) is 1. The summed E-state index contributed by atoms with van der Waals surface area (Å²) in [5.74, 6) is -0.521. The zero-order valence-corrected chi connectivity index (χ0v) is 24.4. The van der Waals surface area contributed by atoms with E-state index in [1.54, 1.807) is 32.0 Å². The number of aromatic nitrogens is 4. The van der Waals surface area contributed by atoms with E-state index in [0.717, 1.165) is 41.8 Å². The molecular weight excluding hydrogens is 540 g/mol. The number of nitrogens with zero attached hydrogens (tertiary/aromatic N) is 5. The minimum Gasteiger partial charge on any atom is -0.491 e. The lowest BCUT2D eigenvalue weighted by Crippen LogP contribution is -2.55. The van der Waals surface area contributed by atoms with E-state index < -0.39 is 35.5 Å². The van der Waals surface area contributed by atoms with Crippen molar-refractivity contribution in [3.8, 4) is 5.75 Å². The van der Waals surface area contributed by atoms with Gasteiger partial charge >= 0.3 is 6.09 Å². The molecule has 2 aromatic heterocycles. The number of carbonyl (C=O) groups is 3. The monoisotopic (exact) mass is 578 g/mol. The Balaban J connectivity index is 1.30. The number of hydrogen-bond acceptors (Lipinski definition) is 9. The average molecular weight is 579 g/mol. The second kappa shape index (κ2) is 11.8. The molecule has 1 fully saturated rings. The average Bonchev–Trinajstić information content (AvgIpc) is 3.62. The Morgan fingerprint density at radius 2 is 2.00 bits per heavy atom. The molecule has 4 heterocycles. The van der Waals surface area contributed by atoms with Crippen LogP contribution in [0.3, 0.4) is 0 Å². The van der Waals surface area contributed by atoms with E-state index in [1.807, 2.05) is 18.2 Å². The number of alkyl carbamates (subject to hydrolysis) is 1. The van der Waals surface area contributed by atoms with Gasteiger partial charge in [-0.3, -0.25) is 9.59 Å². The summed E-state index contributed by atoms with van der Waals surface area (Å²) in [6.07, 6.45) is 4.92. The first-order valence-electron chi connectivity index (χ1n) is 14.2. The lowest BCUT2D eigenvalue weighted by atomic mass is 9.95. The van der Waals surface area contributed by atoms with Gasteiger partial charge in [-0.2, -0.15) is 0 Å². The normalized spacial score (nSPS) is 18.3. The molecule has 0 spiro atoms. The summed E-state index contributed by atoms with van der Waals surface area (Å²) in [6, 6.07) is 4.84. The molecule has 2 aliphatic rings. The second-order valence-electron chi connectivity index (χ2n) is 11.8. The summed E-state index contributed by atoms with van der Waals surface area (Å²) >= 11 is 0. The quantitative estimate of drug-likeness (QED) is 0.363. The van der Waals surface area contributed by atoms with Crippen LogP contribution in [0.5, 0.6) is 5.75 Å². The van der Waals surface area contributed by atoms with E-state index in [1.165, 1.54) is 13.3 Å². The minimum atomic E-state index is -1.16. The molecule has 1 aromatic carbocycles. The summed E-state index contributed by atoms with van der Waals surface area (Å²) in [4.78, 5) is 58.3. The molecule has 0 aliphatic carbocycles. The number of anilines is 1. The van der Waals surface area contributed by atoms with Crippen LogP contribution in [0, 0.1) is 5.92 Å². The fourth-order valence-corrected chi connectivity index (χ4v) is 5.51. The predicted octanol–water partition coefficient (Wildman–Crippen LogP) is 2.30. The largest absolute Gasteiger partial charge is 0.491 e. The third-order valence-electron chi connectivity index (χ3n) is 7.71. The van der Waals surface area contributed by atoms with Crippen LogP contribution in [0.25, 0.3) is 11.2 Å². The van der Waals surface area contributed by atoms with Crippen LogP contribution in [-0.2, 0) is 27.3 Å². The number of fused-ring (bicyclic) bond motifs is 2. The maximum Gasteiger partial charge on any atom is 0.408 e. The van der Waals surface area contributed by atoms with Gasteiger partial charge < -0.3 is 35.3 Å². The molecule has 3 atom stereocenters. The third-order valence-corrected chi connectivity index (χ3v) is 7.71. The third kappa shape index (κ3) is 6.24. The standard InChI is InChI=1S/C29H38N8O5/c1-17(24(30)38)22(35-28(40)42-29(2,3)4)27(39)36-12-10-18-7-5-9-21(20(18)13-36)41-14-19-8-6-11-37(19)26-23-25(32-15-31-23)33-16-34-26/h5,7,9,15-17,19,22H,6,8,10-14H2,1-4H3,(H2,30,38)(H,35,40)(H,31,32,33,34)/t17-,19+,22+/m0/s1. The Morgan fingerprint density at radius 1 is 1.19 bits per heavy atom. The zero-order valence-electron chi connectivity index (χ0n) is 24.4. The molecule has 13 nitrogen and oxygen atoms in total. The molecule has 4 N–H and O–H groups in total. The maximum atomic E-state index is 13.7. The van der Waals surface area contributed by atoms with Crippen molar-refractivity contribution in [3.63, 3.8) is 0 Å². The molecule has 5 rings (SSSR count). The Labute approximate surface area is 244 Å². The van der Waals surface area contributed by atoms with Crippen molar-refractivity contribution in [1.82, 2.24) is 30.2 Å². The van der Waals surface area contributed by atoms with Gasteiger partial charge in [0.05, 0.1) is 18.3 Å². The van der Waals surface area contributed by atoms with Crippen molar-refractivity contribution in [1.29, 1.82) is 0 Å². The first-order valence-corrected chi connectivity index (χ1v) is 14.2. The molecule has 0 unspecified atom stereocenters. The number of benzene rings is 1. The number of imidazole rings is 1. The number of aromatic amines is 1. The van der Waals surface area contributed by atoms with E-state index in [0.29, 0.717) is 31.0 Å². The highest BCUT2D eigenvalue weighted by Crippen LogP contribution is 2.32. The number of H-pyrrole nitrogens is 1. The highest BCUT2D eigenvalue weighted by Gasteiger charge is 2.37. The lowest BCUT2D eigenvalue weighted by molar-refractivity contribution is -0.138. The van der Waals surface area contributed by atoms with Gasteiger partial charge in [0.2, 0.25) is 11.8 Å². The summed E-state index contributed by atoms with van der Waals surface area (Å²) in [7, 11) is 0. The van der Waals surface area contributed by atoms with Gasteiger partial charge in [-0.05, 0) is 51.7 Å². The fraction of sp³-hybridized carbons (Fsp3) is 0.517. The number of hydrogen-bond donors (Lipinski definition) is 3. The van der Waals surface area contributed by atoms with Crippen molar-refractivity contribution < 1.29 is 23.9 Å². The summed E-state index contributed by atoms with van der Waals surface area (Å²) in [5, 5.41) is 2.58. The van der Waals surface area contributed by atoms with Crippen molar-refractivity contribution in [2.45, 2.75) is 71.2 Å². The van der Waals surface area contributed by atoms with Crippen LogP contribution in [-0.4, -0.2) is 80.1 Å². The Bertz CT molecular complexity index is 1470. The van der Waals surface area contributed by atoms with Crippen LogP contribution in [0.2, 0.25) is 0 Å². The Kier molecular flexibility index (Phi) is 8.19. The van der Waals surface area contributed by atoms with Crippen LogP contribution in [0.4, 0.5) is 10.6 Å². The molecule has 224 valence electrons. The van der Waals surface area contributed by atoms with E-state index in [9.17, 15) is 14.4 Å². The number of ether oxygens (including phenoxy) is 2. The maximum absolute atomic E-state index is 13.7. The van der Waals surface area contributed by atoms with E-state index in [-0.39, 0.29) is 12.6 Å². The first kappa shape index (κ1) is 29.1. The minimum absolute atomic E-state index is 0.0995. The van der Waals surface area contributed by atoms with Crippen molar-refractivity contribution in [2.24, 2.45) is 11.7 Å². The van der Waals surface area contributed by atoms with Gasteiger partial charge in [-0.1, -0.05) is 19.1 Å². The number of primary amides is 1. The smallest absolute Gasteiger partial charge is 0.408 e. The first-order chi connectivity index (χ1) is 20.0. The van der Waals surface area contributed by atoms with Crippen LogP contribution in [0.15, 0.2) is 30.9 Å². The van der Waals surface area contributed by atoms with Crippen LogP contribution in [0.1, 0.15) is 51.7 Å². The van der Waals surface area contributed by atoms with Crippen molar-refractivity contribution in [3.05, 3.63) is 42.0 Å². The molecule has 42 heavy (non-hydrogen) atoms. The van der Waals surface area contributed by atoms with Gasteiger partial charge in [-0.15, -0.1) is 0 Å². The predicted molar refractivity (Wildman–Crippen MR) is 155 cm³/mol. The van der Waals surface area contributed by atoms with Crippen LogP contribution >= 0.6 is 0 Å². The molecule has 0 radical (unpaired) electrons. The number of amides is 3. The molecule has 2 aliphatic heterocycles. The van der Waals surface area contributed by atoms with E-state index >= 15 is 0 Å². The SMILES string of the molecule is C[C@H](C(N)=O)[C@@H](NC(=O)OC(C)(C)C)C(=O)N1CCc2cccc(OC[C@H]3CCCN3c3ncnc4nc[nH]c34)c2C1. The molecule has 3 aromatic rings. The number of carbonyl (C=O) groups excluding carboxylic acids is 3. The van der Waals surface area contributed by atoms with Gasteiger partial charge in [0.15, 0.2) is 11.5 Å². The Hall–Kier alpha value is -4.42. The van der Waals surface area contributed by atoms with Gasteiger partial charge in [0.1, 0.15) is 35.8 Å².